The number of hydrogen-bond acceptors (Lipinski definition) is 4. The Morgan fingerprint density at radius 3 is 2.96 bits per heavy atom. The van der Waals surface area contributed by atoms with Crippen LogP contribution in [0.5, 0.6) is 5.75 Å². The maximum atomic E-state index is 12.2. The lowest BCUT2D eigenvalue weighted by Crippen LogP contribution is -2.44. The molecule has 5 nitrogen and oxygen atoms in total. The molecule has 2 unspecified atom stereocenters. The Morgan fingerprint density at radius 2 is 2.16 bits per heavy atom. The van der Waals surface area contributed by atoms with Crippen molar-refractivity contribution in [1.29, 1.82) is 5.26 Å². The molecule has 0 aliphatic carbocycles. The highest BCUT2D eigenvalue weighted by Gasteiger charge is 2.28. The van der Waals surface area contributed by atoms with E-state index in [4.69, 9.17) is 10.00 Å². The molecule has 25 heavy (non-hydrogen) atoms. The van der Waals surface area contributed by atoms with Gasteiger partial charge in [0, 0.05) is 12.6 Å². The summed E-state index contributed by atoms with van der Waals surface area (Å²) in [5.41, 5.74) is 0. The van der Waals surface area contributed by atoms with Crippen LogP contribution in [0.3, 0.4) is 0 Å². The predicted molar refractivity (Wildman–Crippen MR) is 97.3 cm³/mol. The summed E-state index contributed by atoms with van der Waals surface area (Å²) in [5.74, 6) is 0.810. The topological polar surface area (TPSA) is 65.4 Å². The molecule has 1 amide bonds. The molecule has 5 heteroatoms. The van der Waals surface area contributed by atoms with Gasteiger partial charge < -0.3 is 15.0 Å². The van der Waals surface area contributed by atoms with Crippen molar-refractivity contribution in [2.24, 2.45) is 0 Å². The molecule has 1 fully saturated rings. The Labute approximate surface area is 148 Å². The van der Waals surface area contributed by atoms with Crippen LogP contribution >= 0.6 is 0 Å². The van der Waals surface area contributed by atoms with E-state index in [-0.39, 0.29) is 24.5 Å². The SMILES string of the molecule is CC(COc1ccc2ccccc2c1)NCC(=O)N1CCCC1C#N. The Bertz CT molecular complexity index is 784. The predicted octanol–water partition coefficient (Wildman–Crippen LogP) is 2.71. The maximum Gasteiger partial charge on any atom is 0.237 e. The number of nitriles is 1. The number of likely N-dealkylation sites (tertiary alicyclic amines) is 1. The third-order valence-corrected chi connectivity index (χ3v) is 4.54. The normalized spacial score (nSPS) is 18.1. The summed E-state index contributed by atoms with van der Waals surface area (Å²) in [4.78, 5) is 13.9. The van der Waals surface area contributed by atoms with Gasteiger partial charge >= 0.3 is 0 Å². The van der Waals surface area contributed by atoms with Crippen LogP contribution in [-0.2, 0) is 4.79 Å². The number of amides is 1. The van der Waals surface area contributed by atoms with Crippen molar-refractivity contribution in [3.8, 4) is 11.8 Å². The number of nitrogens with zero attached hydrogens (tertiary/aromatic N) is 2. The van der Waals surface area contributed by atoms with Gasteiger partial charge in [0.25, 0.3) is 0 Å². The number of nitrogens with one attached hydrogen (secondary N) is 1. The van der Waals surface area contributed by atoms with E-state index in [9.17, 15) is 4.79 Å². The quantitative estimate of drug-likeness (QED) is 0.880. The van der Waals surface area contributed by atoms with Crippen LogP contribution in [0.2, 0.25) is 0 Å². The molecular formula is C20H23N3O2. The molecule has 0 radical (unpaired) electrons. The van der Waals surface area contributed by atoms with Gasteiger partial charge in [0.2, 0.25) is 5.91 Å². The first-order valence-electron chi connectivity index (χ1n) is 8.71. The van der Waals surface area contributed by atoms with Crippen molar-refractivity contribution in [1.82, 2.24) is 10.2 Å². The second-order valence-electron chi connectivity index (χ2n) is 6.48. The van der Waals surface area contributed by atoms with E-state index in [1.54, 1.807) is 4.90 Å². The van der Waals surface area contributed by atoms with E-state index in [1.165, 1.54) is 5.39 Å². The standard InChI is InChI=1S/C20H23N3O2/c1-15(22-13-20(24)23-10-4-7-18(23)12-21)14-25-19-9-8-16-5-2-3-6-17(16)11-19/h2-3,5-6,8-9,11,15,18,22H,4,7,10,13-14H2,1H3. The largest absolute Gasteiger partial charge is 0.492 e. The van der Waals surface area contributed by atoms with Crippen molar-refractivity contribution >= 4 is 16.7 Å². The van der Waals surface area contributed by atoms with Gasteiger partial charge in [-0.3, -0.25) is 4.79 Å². The van der Waals surface area contributed by atoms with Gasteiger partial charge in [-0.05, 0) is 42.7 Å². The number of benzene rings is 2. The van der Waals surface area contributed by atoms with Crippen LogP contribution in [0, 0.1) is 11.3 Å². The Hall–Kier alpha value is -2.58. The molecule has 0 spiro atoms. The Kier molecular flexibility index (Phi) is 5.52. The fourth-order valence-corrected chi connectivity index (χ4v) is 3.10. The van der Waals surface area contributed by atoms with Crippen LogP contribution in [0.4, 0.5) is 0 Å². The number of carbonyl (C=O) groups excluding carboxylic acids is 1. The Balaban J connectivity index is 1.46. The van der Waals surface area contributed by atoms with E-state index < -0.39 is 0 Å². The number of carbonyl (C=O) groups is 1. The molecule has 3 rings (SSSR count). The molecular weight excluding hydrogens is 314 g/mol. The van der Waals surface area contributed by atoms with E-state index in [0.717, 1.165) is 24.0 Å². The smallest absolute Gasteiger partial charge is 0.237 e. The number of fused-ring (bicyclic) bond motifs is 1. The van der Waals surface area contributed by atoms with E-state index in [2.05, 4.69) is 23.5 Å². The van der Waals surface area contributed by atoms with Crippen LogP contribution in [0.15, 0.2) is 42.5 Å². The summed E-state index contributed by atoms with van der Waals surface area (Å²) >= 11 is 0. The molecule has 1 aliphatic heterocycles. The number of hydrogen-bond donors (Lipinski definition) is 1. The maximum absolute atomic E-state index is 12.2. The highest BCUT2D eigenvalue weighted by atomic mass is 16.5. The molecule has 0 saturated carbocycles. The summed E-state index contributed by atoms with van der Waals surface area (Å²) in [6.07, 6.45) is 1.69. The zero-order chi connectivity index (χ0) is 17.6. The van der Waals surface area contributed by atoms with Crippen LogP contribution < -0.4 is 10.1 Å². The average Bonchev–Trinajstić information content (AvgIpc) is 3.13. The summed E-state index contributed by atoms with van der Waals surface area (Å²) in [7, 11) is 0. The number of ether oxygens (including phenoxy) is 1. The Morgan fingerprint density at radius 1 is 1.36 bits per heavy atom. The molecule has 1 heterocycles. The average molecular weight is 337 g/mol. The summed E-state index contributed by atoms with van der Waals surface area (Å²) in [6, 6.07) is 16.2. The lowest BCUT2D eigenvalue weighted by Gasteiger charge is -2.21. The van der Waals surface area contributed by atoms with Crippen LogP contribution in [0.1, 0.15) is 19.8 Å². The van der Waals surface area contributed by atoms with Gasteiger partial charge in [-0.1, -0.05) is 30.3 Å². The van der Waals surface area contributed by atoms with Crippen molar-refractivity contribution in [2.75, 3.05) is 19.7 Å². The third kappa shape index (κ3) is 4.28. The van der Waals surface area contributed by atoms with Crippen molar-refractivity contribution in [3.63, 3.8) is 0 Å². The first kappa shape index (κ1) is 17.2. The van der Waals surface area contributed by atoms with Gasteiger partial charge in [0.15, 0.2) is 0 Å². The molecule has 2 aromatic rings. The fourth-order valence-electron chi connectivity index (χ4n) is 3.10. The van der Waals surface area contributed by atoms with Gasteiger partial charge in [0.05, 0.1) is 12.6 Å². The van der Waals surface area contributed by atoms with Crippen molar-refractivity contribution < 1.29 is 9.53 Å². The molecule has 1 N–H and O–H groups in total. The van der Waals surface area contributed by atoms with E-state index in [0.29, 0.717) is 13.2 Å². The summed E-state index contributed by atoms with van der Waals surface area (Å²) in [6.45, 7) is 3.38. The highest BCUT2D eigenvalue weighted by molar-refractivity contribution is 5.83. The van der Waals surface area contributed by atoms with Gasteiger partial charge in [-0.25, -0.2) is 0 Å². The highest BCUT2D eigenvalue weighted by Crippen LogP contribution is 2.20. The first-order valence-corrected chi connectivity index (χ1v) is 8.71. The molecule has 0 aromatic heterocycles. The van der Waals surface area contributed by atoms with Gasteiger partial charge in [-0.2, -0.15) is 5.26 Å². The van der Waals surface area contributed by atoms with E-state index in [1.807, 2.05) is 37.3 Å². The van der Waals surface area contributed by atoms with Gasteiger partial charge in [0.1, 0.15) is 18.4 Å². The fraction of sp³-hybridized carbons (Fsp3) is 0.400. The zero-order valence-electron chi connectivity index (χ0n) is 14.4. The number of rotatable bonds is 6. The molecule has 2 aromatic carbocycles. The molecule has 130 valence electrons. The third-order valence-electron chi connectivity index (χ3n) is 4.54. The molecule has 0 bridgehead atoms. The van der Waals surface area contributed by atoms with Crippen LogP contribution in [0.25, 0.3) is 10.8 Å². The first-order chi connectivity index (χ1) is 12.2. The second kappa shape index (κ2) is 8.00. The lowest BCUT2D eigenvalue weighted by atomic mass is 10.1. The second-order valence-corrected chi connectivity index (χ2v) is 6.48. The minimum Gasteiger partial charge on any atom is -0.492 e. The summed E-state index contributed by atoms with van der Waals surface area (Å²) < 4.78 is 5.84. The van der Waals surface area contributed by atoms with Gasteiger partial charge in [-0.15, -0.1) is 0 Å². The minimum absolute atomic E-state index is 0.0124. The monoisotopic (exact) mass is 337 g/mol. The lowest BCUT2D eigenvalue weighted by molar-refractivity contribution is -0.130. The minimum atomic E-state index is -0.265. The zero-order valence-corrected chi connectivity index (χ0v) is 14.4. The summed E-state index contributed by atoms with van der Waals surface area (Å²) in [5, 5.41) is 14.6. The van der Waals surface area contributed by atoms with Crippen LogP contribution in [-0.4, -0.2) is 42.6 Å². The van der Waals surface area contributed by atoms with Crippen molar-refractivity contribution in [2.45, 2.75) is 31.8 Å². The van der Waals surface area contributed by atoms with E-state index >= 15 is 0 Å². The molecule has 2 atom stereocenters. The van der Waals surface area contributed by atoms with Crippen molar-refractivity contribution in [3.05, 3.63) is 42.5 Å². The molecule has 1 saturated heterocycles. The molecule has 1 aliphatic rings.